The Kier molecular flexibility index (Phi) is 5.41. The third-order valence-corrected chi connectivity index (χ3v) is 6.77. The molecule has 1 N–H and O–H groups in total. The minimum Gasteiger partial charge on any atom is -0.280 e. The number of sulfonamides is 1. The number of nitrogens with one attached hydrogen (secondary N) is 1. The normalized spacial score (nSPS) is 11.6. The van der Waals surface area contributed by atoms with E-state index in [9.17, 15) is 8.42 Å². The summed E-state index contributed by atoms with van der Waals surface area (Å²) in [6.07, 6.45) is 0. The fourth-order valence-electron chi connectivity index (χ4n) is 3.73. The molecule has 2 heterocycles. The summed E-state index contributed by atoms with van der Waals surface area (Å²) < 4.78 is 32.5. The molecule has 0 unspecified atom stereocenters. The number of hydrogen-bond donors (Lipinski definition) is 1. The third-order valence-electron chi connectivity index (χ3n) is 5.14. The van der Waals surface area contributed by atoms with Crippen LogP contribution in [0.1, 0.15) is 28.3 Å². The number of hydrogen-bond acceptors (Lipinski definition) is 4. The van der Waals surface area contributed by atoms with Gasteiger partial charge in [0.25, 0.3) is 10.0 Å². The Morgan fingerprint density at radius 2 is 1.58 bits per heavy atom. The van der Waals surface area contributed by atoms with Crippen molar-refractivity contribution in [2.75, 3.05) is 4.72 Å². The largest absolute Gasteiger partial charge is 0.280 e. The van der Waals surface area contributed by atoms with Crippen molar-refractivity contribution in [1.82, 2.24) is 19.6 Å². The van der Waals surface area contributed by atoms with Crippen LogP contribution in [0, 0.1) is 27.7 Å². The summed E-state index contributed by atoms with van der Waals surface area (Å²) in [5, 5.41) is 8.92. The van der Waals surface area contributed by atoms with Gasteiger partial charge < -0.3 is 0 Å². The fourth-order valence-corrected chi connectivity index (χ4v) is 5.18. The number of rotatable bonds is 6. The van der Waals surface area contributed by atoms with Crippen LogP contribution in [0.4, 0.5) is 5.69 Å². The van der Waals surface area contributed by atoms with E-state index in [1.807, 2.05) is 67.1 Å². The van der Waals surface area contributed by atoms with Gasteiger partial charge in [0, 0.05) is 11.4 Å². The molecule has 0 fully saturated rings. The first-order chi connectivity index (χ1) is 14.7. The Bertz CT molecular complexity index is 1320. The summed E-state index contributed by atoms with van der Waals surface area (Å²) in [7, 11) is -3.79. The van der Waals surface area contributed by atoms with E-state index in [0.717, 1.165) is 22.6 Å². The van der Waals surface area contributed by atoms with Crippen molar-refractivity contribution in [2.24, 2.45) is 0 Å². The molecule has 0 spiro atoms. The molecule has 0 bridgehead atoms. The number of aryl methyl sites for hydroxylation is 3. The Labute approximate surface area is 182 Å². The lowest BCUT2D eigenvalue weighted by atomic mass is 10.2. The van der Waals surface area contributed by atoms with Gasteiger partial charge in [0.1, 0.15) is 4.90 Å². The highest BCUT2D eigenvalue weighted by molar-refractivity contribution is 7.92. The van der Waals surface area contributed by atoms with Crippen molar-refractivity contribution in [3.8, 4) is 5.69 Å². The summed E-state index contributed by atoms with van der Waals surface area (Å²) in [6.45, 7) is 8.08. The van der Waals surface area contributed by atoms with Crippen molar-refractivity contribution < 1.29 is 8.42 Å². The Morgan fingerprint density at radius 1 is 0.903 bits per heavy atom. The van der Waals surface area contributed by atoms with Gasteiger partial charge in [-0.1, -0.05) is 30.3 Å². The maximum absolute atomic E-state index is 13.1. The average Bonchev–Trinajstić information content (AvgIpc) is 3.21. The molecule has 0 radical (unpaired) electrons. The monoisotopic (exact) mass is 435 g/mol. The standard InChI is InChI=1S/C23H25N5O2S/c1-16-14-17(2)27(24-16)15-20-10-12-21(13-11-20)26-31(29,30)23-18(3)25-28(19(23)4)22-8-6-5-7-9-22/h5-14,26H,15H2,1-4H3. The molecule has 4 rings (SSSR count). The van der Waals surface area contributed by atoms with Gasteiger partial charge in [-0.2, -0.15) is 10.2 Å². The van der Waals surface area contributed by atoms with Crippen LogP contribution >= 0.6 is 0 Å². The molecule has 0 aliphatic rings. The highest BCUT2D eigenvalue weighted by Crippen LogP contribution is 2.25. The molecule has 7 nitrogen and oxygen atoms in total. The summed E-state index contributed by atoms with van der Waals surface area (Å²) >= 11 is 0. The van der Waals surface area contributed by atoms with E-state index >= 15 is 0 Å². The zero-order valence-corrected chi connectivity index (χ0v) is 18.8. The fraction of sp³-hybridized carbons (Fsp3) is 0.217. The van der Waals surface area contributed by atoms with Crippen LogP contribution in [0.25, 0.3) is 5.69 Å². The van der Waals surface area contributed by atoms with E-state index in [1.165, 1.54) is 0 Å². The molecule has 0 aliphatic heterocycles. The Balaban J connectivity index is 1.57. The molecule has 160 valence electrons. The SMILES string of the molecule is Cc1cc(C)n(Cc2ccc(NS(=O)(=O)c3c(C)nn(-c4ccccc4)c3C)cc2)n1. The van der Waals surface area contributed by atoms with Crippen LogP contribution in [0.15, 0.2) is 65.6 Å². The van der Waals surface area contributed by atoms with E-state index < -0.39 is 10.0 Å². The molecular weight excluding hydrogens is 410 g/mol. The first-order valence-electron chi connectivity index (χ1n) is 9.99. The predicted molar refractivity (Wildman–Crippen MR) is 121 cm³/mol. The first kappa shape index (κ1) is 20.9. The van der Waals surface area contributed by atoms with E-state index in [4.69, 9.17) is 0 Å². The van der Waals surface area contributed by atoms with Gasteiger partial charge >= 0.3 is 0 Å². The number of anilines is 1. The molecule has 2 aromatic carbocycles. The maximum atomic E-state index is 13.1. The van der Waals surface area contributed by atoms with Crippen LogP contribution in [0.5, 0.6) is 0 Å². The lowest BCUT2D eigenvalue weighted by Gasteiger charge is -2.10. The number of benzene rings is 2. The van der Waals surface area contributed by atoms with Gasteiger partial charge in [-0.05, 0) is 63.6 Å². The van der Waals surface area contributed by atoms with E-state index in [0.29, 0.717) is 23.6 Å². The predicted octanol–water partition coefficient (Wildman–Crippen LogP) is 4.15. The second kappa shape index (κ2) is 8.03. The highest BCUT2D eigenvalue weighted by Gasteiger charge is 2.25. The molecule has 2 aromatic heterocycles. The van der Waals surface area contributed by atoms with Crippen LogP contribution in [0.3, 0.4) is 0 Å². The molecular formula is C23H25N5O2S. The van der Waals surface area contributed by atoms with Gasteiger partial charge in [0.15, 0.2) is 0 Å². The third kappa shape index (κ3) is 4.25. The zero-order chi connectivity index (χ0) is 22.2. The van der Waals surface area contributed by atoms with Crippen molar-refractivity contribution in [3.63, 3.8) is 0 Å². The van der Waals surface area contributed by atoms with Gasteiger partial charge in [-0.25, -0.2) is 13.1 Å². The molecule has 0 saturated carbocycles. The molecule has 0 amide bonds. The number of aromatic nitrogens is 4. The van der Waals surface area contributed by atoms with E-state index in [-0.39, 0.29) is 4.90 Å². The van der Waals surface area contributed by atoms with Gasteiger partial charge in [0.2, 0.25) is 0 Å². The van der Waals surface area contributed by atoms with Crippen molar-refractivity contribution in [3.05, 3.63) is 89.0 Å². The molecule has 0 aliphatic carbocycles. The van der Waals surface area contributed by atoms with Gasteiger partial charge in [0.05, 0.1) is 29.3 Å². The van der Waals surface area contributed by atoms with E-state index in [1.54, 1.807) is 30.7 Å². The lowest BCUT2D eigenvalue weighted by molar-refractivity contribution is 0.600. The molecule has 0 saturated heterocycles. The second-order valence-electron chi connectivity index (χ2n) is 7.63. The Hall–Kier alpha value is -3.39. The maximum Gasteiger partial charge on any atom is 0.265 e. The molecule has 0 atom stereocenters. The first-order valence-corrected chi connectivity index (χ1v) is 11.5. The van der Waals surface area contributed by atoms with Crippen LogP contribution in [-0.4, -0.2) is 28.0 Å². The average molecular weight is 436 g/mol. The van der Waals surface area contributed by atoms with Crippen molar-refractivity contribution in [2.45, 2.75) is 39.1 Å². The summed E-state index contributed by atoms with van der Waals surface area (Å²) in [5.41, 5.74) is 5.44. The van der Waals surface area contributed by atoms with Gasteiger partial charge in [-0.15, -0.1) is 0 Å². The Morgan fingerprint density at radius 3 is 2.19 bits per heavy atom. The minimum absolute atomic E-state index is 0.197. The number of para-hydroxylation sites is 1. The highest BCUT2D eigenvalue weighted by atomic mass is 32.2. The van der Waals surface area contributed by atoms with Crippen LogP contribution in [-0.2, 0) is 16.6 Å². The zero-order valence-electron chi connectivity index (χ0n) is 18.0. The van der Waals surface area contributed by atoms with Crippen LogP contribution < -0.4 is 4.72 Å². The molecule has 4 aromatic rings. The smallest absolute Gasteiger partial charge is 0.265 e. The lowest BCUT2D eigenvalue weighted by Crippen LogP contribution is -2.15. The van der Waals surface area contributed by atoms with Gasteiger partial charge in [-0.3, -0.25) is 9.40 Å². The van der Waals surface area contributed by atoms with Crippen molar-refractivity contribution >= 4 is 15.7 Å². The molecule has 8 heteroatoms. The minimum atomic E-state index is -3.79. The summed E-state index contributed by atoms with van der Waals surface area (Å²) in [5.74, 6) is 0. The second-order valence-corrected chi connectivity index (χ2v) is 9.25. The molecule has 31 heavy (non-hydrogen) atoms. The van der Waals surface area contributed by atoms with Crippen molar-refractivity contribution in [1.29, 1.82) is 0 Å². The number of nitrogens with zero attached hydrogens (tertiary/aromatic N) is 4. The summed E-state index contributed by atoms with van der Waals surface area (Å²) in [6, 6.07) is 18.9. The topological polar surface area (TPSA) is 81.8 Å². The van der Waals surface area contributed by atoms with Crippen LogP contribution in [0.2, 0.25) is 0 Å². The quantitative estimate of drug-likeness (QED) is 0.493. The van der Waals surface area contributed by atoms with E-state index in [2.05, 4.69) is 14.9 Å². The summed E-state index contributed by atoms with van der Waals surface area (Å²) in [4.78, 5) is 0.197.